The number of rotatable bonds is 4. The monoisotopic (exact) mass is 373 g/mol. The molecule has 1 atom stereocenters. The number of thiophene rings is 1. The Kier molecular flexibility index (Phi) is 4.50. The zero-order chi connectivity index (χ0) is 18.3. The average molecular weight is 373 g/mol. The molecular weight excluding hydrogens is 350 g/mol. The van der Waals surface area contributed by atoms with E-state index in [2.05, 4.69) is 22.5 Å². The largest absolute Gasteiger partial charge is 0.504 e. The van der Waals surface area contributed by atoms with Crippen molar-refractivity contribution in [3.05, 3.63) is 39.8 Å². The summed E-state index contributed by atoms with van der Waals surface area (Å²) >= 11 is 1.65. The number of phenolic OH excluding ortho intramolecular Hbond substituents is 1. The summed E-state index contributed by atoms with van der Waals surface area (Å²) in [6.07, 6.45) is 0.428. The Morgan fingerprint density at radius 2 is 2.19 bits per heavy atom. The summed E-state index contributed by atoms with van der Waals surface area (Å²) in [5, 5.41) is 17.8. The van der Waals surface area contributed by atoms with Crippen molar-refractivity contribution in [1.82, 2.24) is 10.2 Å². The predicted molar refractivity (Wildman–Crippen MR) is 102 cm³/mol. The molecule has 0 bridgehead atoms. The maximum absolute atomic E-state index is 12.8. The molecule has 0 saturated carbocycles. The van der Waals surface area contributed by atoms with E-state index in [-0.39, 0.29) is 11.7 Å². The summed E-state index contributed by atoms with van der Waals surface area (Å²) in [6, 6.07) is 5.34. The highest BCUT2D eigenvalue weighted by Crippen LogP contribution is 2.42. The van der Waals surface area contributed by atoms with Crippen LogP contribution in [0.4, 0.5) is 5.00 Å². The Hall–Kier alpha value is -2.25. The van der Waals surface area contributed by atoms with Gasteiger partial charge in [0.25, 0.3) is 5.91 Å². The number of carbonyl (C=O) groups is 1. The molecule has 7 heteroatoms. The van der Waals surface area contributed by atoms with Crippen LogP contribution in [0.1, 0.15) is 46.4 Å². The highest BCUT2D eigenvalue weighted by Gasteiger charge is 2.34. The second kappa shape index (κ2) is 6.81. The fourth-order valence-electron chi connectivity index (χ4n) is 3.64. The smallest absolute Gasteiger partial charge is 0.256 e. The van der Waals surface area contributed by atoms with Gasteiger partial charge in [0.15, 0.2) is 11.5 Å². The highest BCUT2D eigenvalue weighted by molar-refractivity contribution is 7.16. The maximum atomic E-state index is 12.8. The van der Waals surface area contributed by atoms with Crippen LogP contribution in [-0.2, 0) is 13.0 Å². The number of hydrogen-bond donors (Lipinski definition) is 3. The van der Waals surface area contributed by atoms with Crippen LogP contribution in [0.2, 0.25) is 0 Å². The van der Waals surface area contributed by atoms with Crippen molar-refractivity contribution in [2.24, 2.45) is 0 Å². The van der Waals surface area contributed by atoms with Gasteiger partial charge in [0, 0.05) is 23.5 Å². The topological polar surface area (TPSA) is 73.8 Å². The summed E-state index contributed by atoms with van der Waals surface area (Å²) in [6.45, 7) is 7.40. The molecule has 2 aromatic rings. The summed E-state index contributed by atoms with van der Waals surface area (Å²) in [5.74, 6) is 0.414. The Morgan fingerprint density at radius 1 is 1.35 bits per heavy atom. The standard InChI is InChI=1S/C19H23N3O3S/c1-3-22-9-8-11-14(10-22)26-19-15(11)18(24)20-17(21-19)12-6-5-7-13(16(12)23)25-4-2/h5-7,17,21,23H,3-4,8-10H2,1-2H3,(H,20,24)/t17-/m1/s1. The number of nitrogens with one attached hydrogen (secondary N) is 2. The molecule has 1 aromatic heterocycles. The molecule has 2 aliphatic rings. The first-order valence-electron chi connectivity index (χ1n) is 9.01. The van der Waals surface area contributed by atoms with Crippen LogP contribution < -0.4 is 15.4 Å². The van der Waals surface area contributed by atoms with Gasteiger partial charge in [0.2, 0.25) is 0 Å². The first-order chi connectivity index (χ1) is 12.6. The molecule has 0 radical (unpaired) electrons. The predicted octanol–water partition coefficient (Wildman–Crippen LogP) is 3.08. The van der Waals surface area contributed by atoms with Gasteiger partial charge in [-0.05, 0) is 31.5 Å². The number of benzene rings is 1. The molecule has 6 nitrogen and oxygen atoms in total. The van der Waals surface area contributed by atoms with Gasteiger partial charge in [0.05, 0.1) is 12.2 Å². The van der Waals surface area contributed by atoms with Gasteiger partial charge in [-0.15, -0.1) is 11.3 Å². The molecule has 0 unspecified atom stereocenters. The third kappa shape index (κ3) is 2.81. The van der Waals surface area contributed by atoms with Gasteiger partial charge in [-0.25, -0.2) is 0 Å². The number of para-hydroxylation sites is 1. The fourth-order valence-corrected chi connectivity index (χ4v) is 4.95. The van der Waals surface area contributed by atoms with Gasteiger partial charge in [-0.3, -0.25) is 9.69 Å². The summed E-state index contributed by atoms with van der Waals surface area (Å²) in [4.78, 5) is 16.5. The molecule has 1 aromatic carbocycles. The number of amides is 1. The van der Waals surface area contributed by atoms with Gasteiger partial charge < -0.3 is 20.5 Å². The average Bonchev–Trinajstić information content (AvgIpc) is 3.01. The number of aromatic hydroxyl groups is 1. The Bertz CT molecular complexity index is 849. The van der Waals surface area contributed by atoms with E-state index >= 15 is 0 Å². The van der Waals surface area contributed by atoms with Gasteiger partial charge in [-0.1, -0.05) is 19.1 Å². The molecule has 0 spiro atoms. The summed E-state index contributed by atoms with van der Waals surface area (Å²) in [5.41, 5.74) is 2.56. The minimum absolute atomic E-state index is 0.0640. The van der Waals surface area contributed by atoms with E-state index in [1.807, 2.05) is 13.0 Å². The van der Waals surface area contributed by atoms with E-state index in [0.717, 1.165) is 36.6 Å². The molecule has 26 heavy (non-hydrogen) atoms. The summed E-state index contributed by atoms with van der Waals surface area (Å²) < 4.78 is 5.46. The lowest BCUT2D eigenvalue weighted by atomic mass is 10.00. The molecule has 4 rings (SSSR count). The zero-order valence-corrected chi connectivity index (χ0v) is 15.8. The van der Waals surface area contributed by atoms with Crippen LogP contribution in [0, 0.1) is 0 Å². The second-order valence-electron chi connectivity index (χ2n) is 6.50. The maximum Gasteiger partial charge on any atom is 0.256 e. The van der Waals surface area contributed by atoms with Crippen molar-refractivity contribution in [2.45, 2.75) is 33.0 Å². The molecule has 138 valence electrons. The number of carbonyl (C=O) groups excluding carboxylic acids is 1. The zero-order valence-electron chi connectivity index (χ0n) is 15.0. The SMILES string of the molecule is CCOc1cccc([C@@H]2NC(=O)c3c(sc4c3CCN(CC)C4)N2)c1O. The number of ether oxygens (including phenoxy) is 1. The molecule has 0 fully saturated rings. The molecule has 0 aliphatic carbocycles. The first-order valence-corrected chi connectivity index (χ1v) is 9.83. The van der Waals surface area contributed by atoms with E-state index in [1.165, 1.54) is 10.4 Å². The Labute approximate surface area is 156 Å². The number of likely N-dealkylation sites (N-methyl/N-ethyl adjacent to an activating group) is 1. The number of fused-ring (bicyclic) bond motifs is 3. The number of hydrogen-bond acceptors (Lipinski definition) is 6. The second-order valence-corrected chi connectivity index (χ2v) is 7.61. The third-order valence-electron chi connectivity index (χ3n) is 5.00. The Morgan fingerprint density at radius 3 is 2.96 bits per heavy atom. The normalized spacial score (nSPS) is 19.3. The fraction of sp³-hybridized carbons (Fsp3) is 0.421. The lowest BCUT2D eigenvalue weighted by molar-refractivity contribution is 0.0934. The van der Waals surface area contributed by atoms with Crippen molar-refractivity contribution in [3.63, 3.8) is 0 Å². The van der Waals surface area contributed by atoms with Crippen LogP contribution in [0.15, 0.2) is 18.2 Å². The van der Waals surface area contributed by atoms with Crippen LogP contribution >= 0.6 is 11.3 Å². The van der Waals surface area contributed by atoms with E-state index in [9.17, 15) is 9.90 Å². The van der Waals surface area contributed by atoms with Gasteiger partial charge in [-0.2, -0.15) is 0 Å². The van der Waals surface area contributed by atoms with E-state index in [4.69, 9.17) is 4.74 Å². The molecule has 3 N–H and O–H groups in total. The molecular formula is C19H23N3O3S. The van der Waals surface area contributed by atoms with Crippen LogP contribution in [0.25, 0.3) is 0 Å². The number of phenols is 1. The van der Waals surface area contributed by atoms with E-state index in [0.29, 0.717) is 17.9 Å². The van der Waals surface area contributed by atoms with Crippen LogP contribution in [-0.4, -0.2) is 35.6 Å². The third-order valence-corrected chi connectivity index (χ3v) is 6.15. The number of nitrogens with zero attached hydrogens (tertiary/aromatic N) is 1. The number of anilines is 1. The molecule has 0 saturated heterocycles. The first kappa shape index (κ1) is 17.2. The molecule has 1 amide bonds. The minimum atomic E-state index is -0.474. The van der Waals surface area contributed by atoms with Crippen molar-refractivity contribution in [2.75, 3.05) is 25.0 Å². The van der Waals surface area contributed by atoms with E-state index < -0.39 is 6.17 Å². The van der Waals surface area contributed by atoms with Gasteiger partial charge >= 0.3 is 0 Å². The summed E-state index contributed by atoms with van der Waals surface area (Å²) in [7, 11) is 0. The van der Waals surface area contributed by atoms with Crippen LogP contribution in [0.3, 0.4) is 0 Å². The lowest BCUT2D eigenvalue weighted by Crippen LogP contribution is -2.39. The van der Waals surface area contributed by atoms with E-state index in [1.54, 1.807) is 23.5 Å². The molecule has 3 heterocycles. The minimum Gasteiger partial charge on any atom is -0.504 e. The van der Waals surface area contributed by atoms with Crippen molar-refractivity contribution >= 4 is 22.2 Å². The quantitative estimate of drug-likeness (QED) is 0.768. The van der Waals surface area contributed by atoms with Crippen molar-refractivity contribution < 1.29 is 14.6 Å². The van der Waals surface area contributed by atoms with Crippen molar-refractivity contribution in [3.8, 4) is 11.5 Å². The lowest BCUT2D eigenvalue weighted by Gasteiger charge is -2.28. The molecule has 2 aliphatic heterocycles. The van der Waals surface area contributed by atoms with Crippen molar-refractivity contribution in [1.29, 1.82) is 0 Å². The highest BCUT2D eigenvalue weighted by atomic mass is 32.1. The Balaban J connectivity index is 1.66. The van der Waals surface area contributed by atoms with Crippen LogP contribution in [0.5, 0.6) is 11.5 Å². The van der Waals surface area contributed by atoms with Gasteiger partial charge in [0.1, 0.15) is 11.2 Å².